The van der Waals surface area contributed by atoms with Crippen molar-refractivity contribution in [3.8, 4) is 0 Å². The predicted octanol–water partition coefficient (Wildman–Crippen LogP) is 0.0730. The largest absolute Gasteiger partial charge is 0.377 e. The zero-order chi connectivity index (χ0) is 14.0. The molecule has 0 radical (unpaired) electrons. The van der Waals surface area contributed by atoms with Gasteiger partial charge in [0, 0.05) is 19.6 Å². The number of hydrogen-bond acceptors (Lipinski definition) is 5. The molecule has 0 saturated carbocycles. The van der Waals surface area contributed by atoms with Gasteiger partial charge in [0.15, 0.2) is 0 Å². The van der Waals surface area contributed by atoms with Crippen molar-refractivity contribution in [3.63, 3.8) is 0 Å². The van der Waals surface area contributed by atoms with E-state index in [1.54, 1.807) is 0 Å². The van der Waals surface area contributed by atoms with E-state index < -0.39 is 0 Å². The predicted molar refractivity (Wildman–Crippen MR) is 76.2 cm³/mol. The van der Waals surface area contributed by atoms with Crippen LogP contribution in [0.25, 0.3) is 0 Å². The Hall–Kier alpha value is -0.200. The zero-order valence-corrected chi connectivity index (χ0v) is 13.0. The lowest BCUT2D eigenvalue weighted by atomic mass is 10.3. The molecule has 0 fully saturated rings. The summed E-state index contributed by atoms with van der Waals surface area (Å²) in [6, 6.07) is 0. The monoisotopic (exact) mass is 261 g/mol. The molecule has 0 spiro atoms. The van der Waals surface area contributed by atoms with Crippen LogP contribution in [0.5, 0.6) is 0 Å². The van der Waals surface area contributed by atoms with Crippen molar-refractivity contribution in [2.75, 3.05) is 81.7 Å². The van der Waals surface area contributed by atoms with Gasteiger partial charge in [-0.25, -0.2) is 0 Å². The first-order chi connectivity index (χ1) is 8.41. The Kier molecular flexibility index (Phi) is 10.6. The molecule has 0 rings (SSSR count). The molecule has 0 bridgehead atoms. The SMILES string of the molecule is CN(C)CCOC[C@H](CN(C)C)OCCN(C)C. The van der Waals surface area contributed by atoms with Crippen LogP contribution < -0.4 is 0 Å². The number of hydrogen-bond donors (Lipinski definition) is 0. The molecule has 0 aromatic heterocycles. The maximum atomic E-state index is 5.85. The van der Waals surface area contributed by atoms with Crippen LogP contribution in [0.2, 0.25) is 0 Å². The molecule has 0 amide bonds. The maximum Gasteiger partial charge on any atom is 0.0935 e. The highest BCUT2D eigenvalue weighted by Gasteiger charge is 2.11. The van der Waals surface area contributed by atoms with Crippen LogP contribution in [0.1, 0.15) is 0 Å². The van der Waals surface area contributed by atoms with Gasteiger partial charge in [0.1, 0.15) is 0 Å². The summed E-state index contributed by atoms with van der Waals surface area (Å²) in [5.74, 6) is 0. The highest BCUT2D eigenvalue weighted by Crippen LogP contribution is 1.97. The Balaban J connectivity index is 3.77. The fraction of sp³-hybridized carbons (Fsp3) is 1.00. The van der Waals surface area contributed by atoms with Crippen LogP contribution in [-0.2, 0) is 9.47 Å². The molecule has 1 atom stereocenters. The molecule has 0 saturated heterocycles. The first kappa shape index (κ1) is 17.8. The van der Waals surface area contributed by atoms with Crippen molar-refractivity contribution >= 4 is 0 Å². The van der Waals surface area contributed by atoms with Crippen molar-refractivity contribution < 1.29 is 9.47 Å². The van der Waals surface area contributed by atoms with Gasteiger partial charge < -0.3 is 24.2 Å². The fourth-order valence-electron chi connectivity index (χ4n) is 1.42. The molecule has 0 N–H and O–H groups in total. The Bertz CT molecular complexity index is 187. The van der Waals surface area contributed by atoms with Gasteiger partial charge in [-0.15, -0.1) is 0 Å². The highest BCUT2D eigenvalue weighted by molar-refractivity contribution is 4.61. The molecule has 18 heavy (non-hydrogen) atoms. The molecular formula is C13H31N3O2. The van der Waals surface area contributed by atoms with Gasteiger partial charge in [-0.1, -0.05) is 0 Å². The van der Waals surface area contributed by atoms with Crippen molar-refractivity contribution in [2.24, 2.45) is 0 Å². The number of nitrogens with zero attached hydrogens (tertiary/aromatic N) is 3. The van der Waals surface area contributed by atoms with Gasteiger partial charge in [0.2, 0.25) is 0 Å². The lowest BCUT2D eigenvalue weighted by molar-refractivity contribution is -0.0321. The summed E-state index contributed by atoms with van der Waals surface area (Å²) in [4.78, 5) is 6.38. The van der Waals surface area contributed by atoms with Crippen LogP contribution in [0.4, 0.5) is 0 Å². The molecule has 110 valence electrons. The zero-order valence-electron chi connectivity index (χ0n) is 13.0. The third kappa shape index (κ3) is 12.3. The summed E-state index contributed by atoms with van der Waals surface area (Å²) in [5.41, 5.74) is 0. The Morgan fingerprint density at radius 1 is 0.778 bits per heavy atom. The summed E-state index contributed by atoms with van der Waals surface area (Å²) in [7, 11) is 12.3. The van der Waals surface area contributed by atoms with Crippen LogP contribution in [0, 0.1) is 0 Å². The van der Waals surface area contributed by atoms with Gasteiger partial charge >= 0.3 is 0 Å². The van der Waals surface area contributed by atoms with Crippen LogP contribution in [0.3, 0.4) is 0 Å². The smallest absolute Gasteiger partial charge is 0.0935 e. The van der Waals surface area contributed by atoms with Gasteiger partial charge in [-0.2, -0.15) is 0 Å². The lowest BCUT2D eigenvalue weighted by Gasteiger charge is -2.23. The second kappa shape index (κ2) is 10.7. The van der Waals surface area contributed by atoms with E-state index in [1.165, 1.54) is 0 Å². The van der Waals surface area contributed by atoms with Crippen LogP contribution in [0.15, 0.2) is 0 Å². The molecule has 0 unspecified atom stereocenters. The van der Waals surface area contributed by atoms with E-state index in [4.69, 9.17) is 9.47 Å². The molecule has 0 aliphatic carbocycles. The minimum Gasteiger partial charge on any atom is -0.377 e. The van der Waals surface area contributed by atoms with Crippen molar-refractivity contribution in [3.05, 3.63) is 0 Å². The Morgan fingerprint density at radius 2 is 1.33 bits per heavy atom. The van der Waals surface area contributed by atoms with Gasteiger partial charge in [0.25, 0.3) is 0 Å². The Morgan fingerprint density at radius 3 is 1.83 bits per heavy atom. The lowest BCUT2D eigenvalue weighted by Crippen LogP contribution is -2.35. The molecular weight excluding hydrogens is 230 g/mol. The maximum absolute atomic E-state index is 5.85. The van der Waals surface area contributed by atoms with E-state index in [-0.39, 0.29) is 6.10 Å². The summed E-state index contributed by atoms with van der Waals surface area (Å²) in [6.45, 7) is 4.97. The van der Waals surface area contributed by atoms with Crippen molar-refractivity contribution in [1.29, 1.82) is 0 Å². The second-order valence-corrected chi connectivity index (χ2v) is 5.44. The number of ether oxygens (including phenoxy) is 2. The van der Waals surface area contributed by atoms with Crippen LogP contribution in [-0.4, -0.2) is 103 Å². The summed E-state index contributed by atoms with van der Waals surface area (Å²) in [6.07, 6.45) is 0.155. The first-order valence-corrected chi connectivity index (χ1v) is 6.55. The van der Waals surface area contributed by atoms with Gasteiger partial charge in [0.05, 0.1) is 25.9 Å². The summed E-state index contributed by atoms with van der Waals surface area (Å²) >= 11 is 0. The van der Waals surface area contributed by atoms with Gasteiger partial charge in [-0.3, -0.25) is 0 Å². The standard InChI is InChI=1S/C13H31N3O2/c1-14(2)7-9-17-12-13(11-16(5)6)18-10-8-15(3)4/h13H,7-12H2,1-6H3/t13-/m0/s1. The fourth-order valence-corrected chi connectivity index (χ4v) is 1.42. The van der Waals surface area contributed by atoms with E-state index in [1.807, 2.05) is 14.1 Å². The normalized spacial score (nSPS) is 13.8. The van der Waals surface area contributed by atoms with E-state index in [0.29, 0.717) is 6.61 Å². The Labute approximate surface area is 113 Å². The average molecular weight is 261 g/mol. The average Bonchev–Trinajstić information content (AvgIpc) is 2.22. The molecule has 5 nitrogen and oxygen atoms in total. The minimum atomic E-state index is 0.155. The molecule has 0 heterocycles. The molecule has 0 aromatic rings. The molecule has 0 aromatic carbocycles. The molecule has 0 aliphatic rings. The van der Waals surface area contributed by atoms with Crippen molar-refractivity contribution in [2.45, 2.75) is 6.10 Å². The van der Waals surface area contributed by atoms with E-state index >= 15 is 0 Å². The third-order valence-corrected chi connectivity index (χ3v) is 2.45. The first-order valence-electron chi connectivity index (χ1n) is 6.55. The quantitative estimate of drug-likeness (QED) is 0.491. The van der Waals surface area contributed by atoms with E-state index in [2.05, 4.69) is 42.9 Å². The highest BCUT2D eigenvalue weighted by atomic mass is 16.5. The van der Waals surface area contributed by atoms with Crippen LogP contribution >= 0.6 is 0 Å². The van der Waals surface area contributed by atoms with E-state index in [0.717, 1.165) is 32.8 Å². The molecule has 0 aliphatic heterocycles. The minimum absolute atomic E-state index is 0.155. The second-order valence-electron chi connectivity index (χ2n) is 5.44. The van der Waals surface area contributed by atoms with Gasteiger partial charge in [-0.05, 0) is 42.3 Å². The topological polar surface area (TPSA) is 28.2 Å². The third-order valence-electron chi connectivity index (χ3n) is 2.45. The van der Waals surface area contributed by atoms with Crippen molar-refractivity contribution in [1.82, 2.24) is 14.7 Å². The number of rotatable bonds is 11. The summed E-state index contributed by atoms with van der Waals surface area (Å²) < 4.78 is 11.5. The number of likely N-dealkylation sites (N-methyl/N-ethyl adjacent to an activating group) is 3. The van der Waals surface area contributed by atoms with E-state index in [9.17, 15) is 0 Å². The summed E-state index contributed by atoms with van der Waals surface area (Å²) in [5, 5.41) is 0. The molecule has 5 heteroatoms.